The van der Waals surface area contributed by atoms with Gasteiger partial charge < -0.3 is 14.2 Å². The molecule has 0 aromatic heterocycles. The third kappa shape index (κ3) is 53.0. The molecule has 6 heteroatoms. The van der Waals surface area contributed by atoms with Crippen molar-refractivity contribution in [1.29, 1.82) is 0 Å². The fourth-order valence-corrected chi connectivity index (χ4v) is 7.34. The second kappa shape index (κ2) is 55.7. The van der Waals surface area contributed by atoms with Crippen molar-refractivity contribution in [3.8, 4) is 0 Å². The quantitative estimate of drug-likeness (QED) is 0.0262. The topological polar surface area (TPSA) is 78.9 Å². The number of allylic oxidation sites excluding steroid dienone is 17. The maximum atomic E-state index is 12.8. The van der Waals surface area contributed by atoms with Crippen molar-refractivity contribution < 1.29 is 28.6 Å². The van der Waals surface area contributed by atoms with E-state index in [0.717, 1.165) is 103 Å². The zero-order chi connectivity index (χ0) is 49.3. The van der Waals surface area contributed by atoms with Gasteiger partial charge in [0.05, 0.1) is 6.42 Å². The highest BCUT2D eigenvalue weighted by Gasteiger charge is 2.19. The Morgan fingerprint density at radius 2 is 0.618 bits per heavy atom. The molecule has 0 heterocycles. The summed E-state index contributed by atoms with van der Waals surface area (Å²) in [6, 6.07) is 0. The highest BCUT2D eigenvalue weighted by atomic mass is 16.6. The second-order valence-corrected chi connectivity index (χ2v) is 18.1. The lowest BCUT2D eigenvalue weighted by Gasteiger charge is -2.18. The number of esters is 3. The van der Waals surface area contributed by atoms with Gasteiger partial charge in [-0.2, -0.15) is 0 Å². The third-order valence-corrected chi connectivity index (χ3v) is 11.5. The molecule has 0 aliphatic carbocycles. The summed E-state index contributed by atoms with van der Waals surface area (Å²) in [5.74, 6) is -1.08. The van der Waals surface area contributed by atoms with Crippen LogP contribution < -0.4 is 0 Å². The number of hydrogen-bond acceptors (Lipinski definition) is 6. The Hall–Kier alpha value is -3.93. The van der Waals surface area contributed by atoms with E-state index in [-0.39, 0.29) is 31.6 Å². The van der Waals surface area contributed by atoms with Gasteiger partial charge in [-0.1, -0.05) is 226 Å². The van der Waals surface area contributed by atoms with Crippen molar-refractivity contribution in [2.24, 2.45) is 0 Å². The number of carbonyl (C=O) groups is 3. The highest BCUT2D eigenvalue weighted by molar-refractivity contribution is 5.72. The Bertz CT molecular complexity index is 1410. The monoisotopic (exact) mass is 943 g/mol. The molecule has 386 valence electrons. The van der Waals surface area contributed by atoms with Crippen LogP contribution in [0.4, 0.5) is 0 Å². The van der Waals surface area contributed by atoms with Crippen LogP contribution in [0.3, 0.4) is 0 Å². The molecule has 0 spiro atoms. The molecule has 0 saturated heterocycles. The molecule has 1 unspecified atom stereocenters. The van der Waals surface area contributed by atoms with Crippen LogP contribution in [0.2, 0.25) is 0 Å². The van der Waals surface area contributed by atoms with Crippen LogP contribution in [0.15, 0.2) is 109 Å². The smallest absolute Gasteiger partial charge is 0.310 e. The third-order valence-electron chi connectivity index (χ3n) is 11.5. The molecule has 0 rings (SSSR count). The fraction of sp³-hybridized carbons (Fsp3) is 0.661. The van der Waals surface area contributed by atoms with Crippen molar-refractivity contribution >= 4 is 17.9 Å². The molecule has 0 saturated carbocycles. The van der Waals surface area contributed by atoms with Gasteiger partial charge in [0.15, 0.2) is 6.10 Å². The minimum Gasteiger partial charge on any atom is -0.462 e. The van der Waals surface area contributed by atoms with Crippen molar-refractivity contribution in [3.05, 3.63) is 109 Å². The Morgan fingerprint density at radius 1 is 0.324 bits per heavy atom. The molecular weight excluding hydrogens is 841 g/mol. The Kier molecular flexibility index (Phi) is 52.4. The molecule has 0 radical (unpaired) electrons. The minimum atomic E-state index is -0.843. The summed E-state index contributed by atoms with van der Waals surface area (Å²) >= 11 is 0. The first-order chi connectivity index (χ1) is 33.5. The van der Waals surface area contributed by atoms with Gasteiger partial charge in [-0.3, -0.25) is 14.4 Å². The number of hydrogen-bond donors (Lipinski definition) is 0. The number of ether oxygens (including phenoxy) is 3. The highest BCUT2D eigenvalue weighted by Crippen LogP contribution is 2.13. The molecule has 0 aliphatic heterocycles. The van der Waals surface area contributed by atoms with Crippen LogP contribution in [0.1, 0.15) is 245 Å². The molecule has 0 fully saturated rings. The molecule has 0 N–H and O–H groups in total. The van der Waals surface area contributed by atoms with Crippen LogP contribution in [-0.2, 0) is 28.6 Å². The molecule has 0 amide bonds. The Morgan fingerprint density at radius 3 is 0.985 bits per heavy atom. The number of rotatable bonds is 49. The minimum absolute atomic E-state index is 0.0891. The Balaban J connectivity index is 4.51. The SMILES string of the molecule is CC/C=C\C/C=C\C/C=C\C/C=C\C/C=C\CC(=O)OC(COC(=O)CCCCCCC/C=C\CCCCCCC)COC(=O)CCCCCCCC/C=C\C/C=C\C/C=C\CCCCCCC. The average Bonchev–Trinajstić information content (AvgIpc) is 3.34. The zero-order valence-corrected chi connectivity index (χ0v) is 44.1. The summed E-state index contributed by atoms with van der Waals surface area (Å²) in [5, 5.41) is 0. The van der Waals surface area contributed by atoms with Gasteiger partial charge in [-0.05, 0) is 109 Å². The number of carbonyl (C=O) groups excluding carboxylic acids is 3. The van der Waals surface area contributed by atoms with E-state index in [0.29, 0.717) is 19.3 Å². The Labute approximate surface area is 419 Å². The molecule has 0 aliphatic rings. The van der Waals surface area contributed by atoms with Gasteiger partial charge in [-0.15, -0.1) is 0 Å². The van der Waals surface area contributed by atoms with E-state index in [1.807, 2.05) is 6.08 Å². The standard InChI is InChI=1S/C62H102O6/c1-4-7-10-13-16-19-22-25-28-29-30-31-32-33-35-37-40-43-46-49-52-55-61(64)67-58-59(57-66-60(63)54-51-48-45-42-39-36-27-24-21-18-15-12-9-6-3)68-62(65)56-53-50-47-44-41-38-34-26-23-20-17-14-11-8-5-2/h8,11,17,20,22,24-27,29-30,32-34,41,44,50,53,59H,4-7,9-10,12-16,18-19,21,23,28,31,35-40,42-43,45-49,51-52,54-58H2,1-3H3/b11-8-,20-17-,25-22-,27-24-,30-29-,33-32-,34-26-,44-41-,53-50-. The summed E-state index contributed by atoms with van der Waals surface area (Å²) in [6.07, 6.45) is 75.3. The lowest BCUT2D eigenvalue weighted by atomic mass is 10.1. The second-order valence-electron chi connectivity index (χ2n) is 18.1. The lowest BCUT2D eigenvalue weighted by Crippen LogP contribution is -2.30. The first-order valence-corrected chi connectivity index (χ1v) is 27.9. The summed E-state index contributed by atoms with van der Waals surface area (Å²) in [4.78, 5) is 38.0. The summed E-state index contributed by atoms with van der Waals surface area (Å²) in [6.45, 7) is 6.40. The van der Waals surface area contributed by atoms with Gasteiger partial charge >= 0.3 is 17.9 Å². The predicted octanol–water partition coefficient (Wildman–Crippen LogP) is 18.7. The van der Waals surface area contributed by atoms with Gasteiger partial charge in [0.25, 0.3) is 0 Å². The lowest BCUT2D eigenvalue weighted by molar-refractivity contribution is -0.166. The zero-order valence-electron chi connectivity index (χ0n) is 44.1. The van der Waals surface area contributed by atoms with Crippen molar-refractivity contribution in [2.45, 2.75) is 252 Å². The van der Waals surface area contributed by atoms with Gasteiger partial charge in [0, 0.05) is 12.8 Å². The van der Waals surface area contributed by atoms with E-state index < -0.39 is 12.1 Å². The van der Waals surface area contributed by atoms with Crippen molar-refractivity contribution in [1.82, 2.24) is 0 Å². The summed E-state index contributed by atoms with van der Waals surface area (Å²) in [5.41, 5.74) is 0. The van der Waals surface area contributed by atoms with Crippen molar-refractivity contribution in [3.63, 3.8) is 0 Å². The van der Waals surface area contributed by atoms with E-state index in [4.69, 9.17) is 14.2 Å². The summed E-state index contributed by atoms with van der Waals surface area (Å²) < 4.78 is 16.7. The van der Waals surface area contributed by atoms with Crippen LogP contribution in [0, 0.1) is 0 Å². The van der Waals surface area contributed by atoms with Crippen LogP contribution >= 0.6 is 0 Å². The van der Waals surface area contributed by atoms with E-state index in [2.05, 4.69) is 118 Å². The van der Waals surface area contributed by atoms with E-state index in [9.17, 15) is 14.4 Å². The number of unbranched alkanes of at least 4 members (excludes halogenated alkanes) is 21. The van der Waals surface area contributed by atoms with Gasteiger partial charge in [0.1, 0.15) is 13.2 Å². The van der Waals surface area contributed by atoms with E-state index >= 15 is 0 Å². The molecule has 1 atom stereocenters. The molecule has 6 nitrogen and oxygen atoms in total. The van der Waals surface area contributed by atoms with E-state index in [1.165, 1.54) is 96.3 Å². The van der Waals surface area contributed by atoms with Crippen LogP contribution in [-0.4, -0.2) is 37.2 Å². The first-order valence-electron chi connectivity index (χ1n) is 27.9. The maximum absolute atomic E-state index is 12.8. The van der Waals surface area contributed by atoms with Gasteiger partial charge in [0.2, 0.25) is 0 Å². The first kappa shape index (κ1) is 64.1. The molecule has 0 aromatic rings. The predicted molar refractivity (Wildman–Crippen MR) is 293 cm³/mol. The van der Waals surface area contributed by atoms with Crippen LogP contribution in [0.5, 0.6) is 0 Å². The molecular formula is C62H102O6. The fourth-order valence-electron chi connectivity index (χ4n) is 7.34. The maximum Gasteiger partial charge on any atom is 0.310 e. The summed E-state index contributed by atoms with van der Waals surface area (Å²) in [7, 11) is 0. The normalized spacial score (nSPS) is 12.9. The average molecular weight is 943 g/mol. The molecule has 68 heavy (non-hydrogen) atoms. The van der Waals surface area contributed by atoms with E-state index in [1.54, 1.807) is 6.08 Å². The van der Waals surface area contributed by atoms with Gasteiger partial charge in [-0.25, -0.2) is 0 Å². The largest absolute Gasteiger partial charge is 0.462 e. The van der Waals surface area contributed by atoms with Crippen LogP contribution in [0.25, 0.3) is 0 Å². The molecule has 0 bridgehead atoms. The molecule has 0 aromatic carbocycles. The van der Waals surface area contributed by atoms with Crippen molar-refractivity contribution in [2.75, 3.05) is 13.2 Å².